The summed E-state index contributed by atoms with van der Waals surface area (Å²) in [4.78, 5) is 24.0. The van der Waals surface area contributed by atoms with Crippen molar-refractivity contribution < 1.29 is 27.5 Å². The Morgan fingerprint density at radius 1 is 1.21 bits per heavy atom. The van der Waals surface area contributed by atoms with E-state index in [9.17, 15) is 23.1 Å². The van der Waals surface area contributed by atoms with Crippen LogP contribution in [0.25, 0.3) is 0 Å². The van der Waals surface area contributed by atoms with Gasteiger partial charge in [-0.2, -0.15) is 0 Å². The summed E-state index contributed by atoms with van der Waals surface area (Å²) >= 11 is 0. The van der Waals surface area contributed by atoms with Crippen molar-refractivity contribution in [3.05, 3.63) is 23.7 Å². The van der Waals surface area contributed by atoms with Crippen LogP contribution in [0.2, 0.25) is 0 Å². The zero-order valence-corrected chi connectivity index (χ0v) is 14.3. The van der Waals surface area contributed by atoms with Crippen molar-refractivity contribution in [1.29, 1.82) is 0 Å². The lowest BCUT2D eigenvalue weighted by Crippen LogP contribution is -2.54. The molecule has 1 saturated carbocycles. The molecule has 1 aliphatic carbocycles. The molecule has 1 aromatic heterocycles. The average molecular weight is 358 g/mol. The molecule has 0 aliphatic heterocycles. The molecular formula is C15H22N2O6S. The Morgan fingerprint density at radius 3 is 2.38 bits per heavy atom. The van der Waals surface area contributed by atoms with E-state index in [1.165, 1.54) is 12.1 Å². The van der Waals surface area contributed by atoms with Crippen LogP contribution < -0.4 is 10.0 Å². The van der Waals surface area contributed by atoms with E-state index >= 15 is 0 Å². The molecule has 2 rings (SSSR count). The normalized spacial score (nSPS) is 17.9. The lowest BCUT2D eigenvalue weighted by atomic mass is 9.90. The summed E-state index contributed by atoms with van der Waals surface area (Å²) in [5.41, 5.74) is -1.27. The van der Waals surface area contributed by atoms with Gasteiger partial charge in [0.05, 0.1) is 12.8 Å². The Bertz CT molecular complexity index is 701. The monoisotopic (exact) mass is 358 g/mol. The number of rotatable bonds is 6. The van der Waals surface area contributed by atoms with E-state index < -0.39 is 27.4 Å². The van der Waals surface area contributed by atoms with Gasteiger partial charge in [-0.3, -0.25) is 4.79 Å². The number of amides is 1. The van der Waals surface area contributed by atoms with E-state index in [2.05, 4.69) is 10.0 Å². The second-order valence-electron chi connectivity index (χ2n) is 6.11. The van der Waals surface area contributed by atoms with E-state index in [0.29, 0.717) is 12.8 Å². The molecule has 1 aliphatic rings. The summed E-state index contributed by atoms with van der Waals surface area (Å²) in [5.74, 6) is -1.41. The van der Waals surface area contributed by atoms with Crippen molar-refractivity contribution in [3.63, 3.8) is 0 Å². The standard InChI is InChI=1S/C15H22N2O6S/c1-24(21,22)16-10-11-6-7-12(23-11)13(18)17-15(14(19)20)8-4-2-3-5-9-15/h6-7,16H,2-5,8-10H2,1H3,(H,17,18)(H,19,20). The number of nitrogens with one attached hydrogen (secondary N) is 2. The highest BCUT2D eigenvalue weighted by Crippen LogP contribution is 2.28. The average Bonchev–Trinajstić information content (AvgIpc) is 2.84. The van der Waals surface area contributed by atoms with E-state index in [1.54, 1.807) is 0 Å². The van der Waals surface area contributed by atoms with Gasteiger partial charge in [0.2, 0.25) is 10.0 Å². The fourth-order valence-electron chi connectivity index (χ4n) is 2.80. The fraction of sp³-hybridized carbons (Fsp3) is 0.600. The van der Waals surface area contributed by atoms with Crippen LogP contribution in [0, 0.1) is 0 Å². The summed E-state index contributed by atoms with van der Waals surface area (Å²) < 4.78 is 29.7. The lowest BCUT2D eigenvalue weighted by Gasteiger charge is -2.28. The Balaban J connectivity index is 2.07. The Labute approximate surface area is 140 Å². The zero-order valence-electron chi connectivity index (χ0n) is 13.5. The molecule has 1 amide bonds. The number of carboxylic acids is 1. The molecule has 1 aromatic rings. The van der Waals surface area contributed by atoms with Crippen molar-refractivity contribution in [2.24, 2.45) is 0 Å². The first-order valence-electron chi connectivity index (χ1n) is 7.81. The molecule has 24 heavy (non-hydrogen) atoms. The number of sulfonamides is 1. The third kappa shape index (κ3) is 4.81. The Kier molecular flexibility index (Phi) is 5.66. The summed E-state index contributed by atoms with van der Waals surface area (Å²) in [7, 11) is -3.37. The largest absolute Gasteiger partial charge is 0.480 e. The first kappa shape index (κ1) is 18.5. The highest BCUT2D eigenvalue weighted by molar-refractivity contribution is 7.88. The van der Waals surface area contributed by atoms with Crippen molar-refractivity contribution in [3.8, 4) is 0 Å². The van der Waals surface area contributed by atoms with Crippen molar-refractivity contribution in [1.82, 2.24) is 10.0 Å². The maximum Gasteiger partial charge on any atom is 0.329 e. The quantitative estimate of drug-likeness (QED) is 0.657. The summed E-state index contributed by atoms with van der Waals surface area (Å²) in [6, 6.07) is 2.88. The molecule has 0 atom stereocenters. The van der Waals surface area contributed by atoms with Crippen LogP contribution in [0.4, 0.5) is 0 Å². The molecule has 0 radical (unpaired) electrons. The summed E-state index contributed by atoms with van der Waals surface area (Å²) in [5, 5.41) is 12.2. The van der Waals surface area contributed by atoms with Gasteiger partial charge in [0, 0.05) is 0 Å². The third-order valence-corrected chi connectivity index (χ3v) is 4.78. The van der Waals surface area contributed by atoms with E-state index in [0.717, 1.165) is 31.9 Å². The number of hydrogen-bond donors (Lipinski definition) is 3. The fourth-order valence-corrected chi connectivity index (χ4v) is 3.20. The van der Waals surface area contributed by atoms with E-state index in [4.69, 9.17) is 4.42 Å². The predicted molar refractivity (Wildman–Crippen MR) is 85.9 cm³/mol. The number of carbonyl (C=O) groups excluding carboxylic acids is 1. The highest BCUT2D eigenvalue weighted by Gasteiger charge is 2.40. The summed E-state index contributed by atoms with van der Waals surface area (Å²) in [6.07, 6.45) is 5.18. The molecule has 0 saturated heterocycles. The molecule has 0 unspecified atom stereocenters. The SMILES string of the molecule is CS(=O)(=O)NCc1ccc(C(=O)NC2(C(=O)O)CCCCCC2)o1. The van der Waals surface area contributed by atoms with Crippen LogP contribution in [0.1, 0.15) is 54.8 Å². The van der Waals surface area contributed by atoms with Gasteiger partial charge in [0.25, 0.3) is 5.91 Å². The van der Waals surface area contributed by atoms with Gasteiger partial charge in [-0.1, -0.05) is 25.7 Å². The van der Waals surface area contributed by atoms with Crippen molar-refractivity contribution in [2.75, 3.05) is 6.26 Å². The van der Waals surface area contributed by atoms with Gasteiger partial charge < -0.3 is 14.8 Å². The molecule has 0 spiro atoms. The maximum atomic E-state index is 12.3. The van der Waals surface area contributed by atoms with Gasteiger partial charge in [-0.25, -0.2) is 17.9 Å². The van der Waals surface area contributed by atoms with Gasteiger partial charge in [0.15, 0.2) is 5.76 Å². The molecular weight excluding hydrogens is 336 g/mol. The Morgan fingerprint density at radius 2 is 1.83 bits per heavy atom. The molecule has 0 bridgehead atoms. The second-order valence-corrected chi connectivity index (χ2v) is 7.95. The first-order chi connectivity index (χ1) is 11.2. The predicted octanol–water partition coefficient (Wildman–Crippen LogP) is 1.24. The van der Waals surface area contributed by atoms with Gasteiger partial charge in [-0.05, 0) is 25.0 Å². The maximum absolute atomic E-state index is 12.3. The summed E-state index contributed by atoms with van der Waals surface area (Å²) in [6.45, 7) is -0.0732. The highest BCUT2D eigenvalue weighted by atomic mass is 32.2. The molecule has 1 fully saturated rings. The minimum Gasteiger partial charge on any atom is -0.480 e. The van der Waals surface area contributed by atoms with Crippen molar-refractivity contribution in [2.45, 2.75) is 50.6 Å². The molecule has 134 valence electrons. The van der Waals surface area contributed by atoms with Crippen molar-refractivity contribution >= 4 is 21.9 Å². The van der Waals surface area contributed by atoms with Crippen LogP contribution in [0.5, 0.6) is 0 Å². The van der Waals surface area contributed by atoms with Crippen LogP contribution in [0.3, 0.4) is 0 Å². The number of aliphatic carboxylic acids is 1. The second kappa shape index (κ2) is 7.35. The molecule has 9 heteroatoms. The van der Waals surface area contributed by atoms with Gasteiger partial charge >= 0.3 is 5.97 Å². The van der Waals surface area contributed by atoms with E-state index in [1.807, 2.05) is 0 Å². The third-order valence-electron chi connectivity index (χ3n) is 4.11. The minimum absolute atomic E-state index is 0.0369. The number of furan rings is 1. The molecule has 3 N–H and O–H groups in total. The van der Waals surface area contributed by atoms with Crippen LogP contribution in [0.15, 0.2) is 16.5 Å². The smallest absolute Gasteiger partial charge is 0.329 e. The molecule has 1 heterocycles. The van der Waals surface area contributed by atoms with E-state index in [-0.39, 0.29) is 18.1 Å². The first-order valence-corrected chi connectivity index (χ1v) is 9.70. The van der Waals surface area contributed by atoms with Crippen LogP contribution >= 0.6 is 0 Å². The number of carboxylic acid groups (broad SMARTS) is 1. The number of carbonyl (C=O) groups is 2. The van der Waals surface area contributed by atoms with Crippen LogP contribution in [-0.2, 0) is 21.4 Å². The Hall–Kier alpha value is -1.87. The zero-order chi connectivity index (χ0) is 17.8. The van der Waals surface area contributed by atoms with Crippen LogP contribution in [-0.4, -0.2) is 37.2 Å². The molecule has 8 nitrogen and oxygen atoms in total. The topological polar surface area (TPSA) is 126 Å². The lowest BCUT2D eigenvalue weighted by molar-refractivity contribution is -0.145. The minimum atomic E-state index is -3.37. The molecule has 0 aromatic carbocycles. The van der Waals surface area contributed by atoms with Gasteiger partial charge in [-0.15, -0.1) is 0 Å². The number of hydrogen-bond acceptors (Lipinski definition) is 5. The van der Waals surface area contributed by atoms with Gasteiger partial charge in [0.1, 0.15) is 11.3 Å².